The van der Waals surface area contributed by atoms with Gasteiger partial charge in [-0.05, 0) is 25.0 Å². The van der Waals surface area contributed by atoms with E-state index in [9.17, 15) is 9.59 Å². The number of hydrogen-bond donors (Lipinski definition) is 3. The molecule has 7 heteroatoms. The number of carbonyl (C=O) groups is 2. The Morgan fingerprint density at radius 1 is 1.15 bits per heavy atom. The van der Waals surface area contributed by atoms with Crippen LogP contribution in [0.5, 0.6) is 5.75 Å². The lowest BCUT2D eigenvalue weighted by molar-refractivity contribution is -0.883. The molecule has 2 fully saturated rings. The molecule has 3 N–H and O–H groups in total. The molecule has 1 heterocycles. The quantitative estimate of drug-likeness (QED) is 0.731. The third-order valence-corrected chi connectivity index (χ3v) is 5.70. The molecule has 7 nitrogen and oxygen atoms in total. The second kappa shape index (κ2) is 8.61. The molecule has 1 aliphatic carbocycles. The maximum absolute atomic E-state index is 13.3. The van der Waals surface area contributed by atoms with Crippen LogP contribution < -0.4 is 20.3 Å². The zero-order valence-electron chi connectivity index (χ0n) is 16.3. The summed E-state index contributed by atoms with van der Waals surface area (Å²) in [6.07, 6.45) is 4.45. The van der Waals surface area contributed by atoms with Gasteiger partial charge in [-0.2, -0.15) is 0 Å². The molecule has 1 aromatic rings. The molecule has 0 atom stereocenters. The maximum atomic E-state index is 13.3. The van der Waals surface area contributed by atoms with Crippen molar-refractivity contribution >= 4 is 17.6 Å². The zero-order valence-corrected chi connectivity index (χ0v) is 16.3. The van der Waals surface area contributed by atoms with Gasteiger partial charge in [0, 0.05) is 11.8 Å². The van der Waals surface area contributed by atoms with E-state index in [1.165, 1.54) is 4.90 Å². The highest BCUT2D eigenvalue weighted by molar-refractivity contribution is 5.96. The molecule has 0 unspecified atom stereocenters. The molecule has 1 aliphatic heterocycles. The Hall–Kier alpha value is -2.28. The summed E-state index contributed by atoms with van der Waals surface area (Å²) in [7, 11) is 3.74. The molecule has 3 amide bonds. The van der Waals surface area contributed by atoms with Crippen LogP contribution in [-0.2, 0) is 4.79 Å². The Morgan fingerprint density at radius 2 is 1.85 bits per heavy atom. The van der Waals surface area contributed by atoms with Crippen molar-refractivity contribution < 1.29 is 19.2 Å². The number of nitrogens with zero attached hydrogens (tertiary/aromatic N) is 1. The fourth-order valence-corrected chi connectivity index (χ4v) is 4.02. The van der Waals surface area contributed by atoms with E-state index in [-0.39, 0.29) is 11.9 Å². The first-order valence-electron chi connectivity index (χ1n) is 9.86. The van der Waals surface area contributed by atoms with E-state index in [1.54, 1.807) is 19.2 Å². The first-order chi connectivity index (χ1) is 13.0. The number of ether oxygens (including phenoxy) is 1. The number of hydrogen-bond acceptors (Lipinski definition) is 3. The highest BCUT2D eigenvalue weighted by Crippen LogP contribution is 2.30. The lowest BCUT2D eigenvalue weighted by Crippen LogP contribution is -3.12. The molecule has 0 bridgehead atoms. The van der Waals surface area contributed by atoms with Crippen molar-refractivity contribution in [1.29, 1.82) is 0 Å². The van der Waals surface area contributed by atoms with E-state index in [0.717, 1.165) is 45.4 Å². The highest BCUT2D eigenvalue weighted by Gasteiger charge is 2.44. The third kappa shape index (κ3) is 4.71. The minimum atomic E-state index is -0.785. The van der Waals surface area contributed by atoms with E-state index in [4.69, 9.17) is 4.74 Å². The molecule has 2 aliphatic rings. The van der Waals surface area contributed by atoms with E-state index in [1.807, 2.05) is 17.0 Å². The number of benzene rings is 1. The smallest absolute Gasteiger partial charge is 0.320 e. The van der Waals surface area contributed by atoms with Gasteiger partial charge in [0.05, 0.1) is 40.3 Å². The molecule has 1 saturated heterocycles. The Balaban J connectivity index is 1.70. The number of rotatable bonds is 4. The summed E-state index contributed by atoms with van der Waals surface area (Å²) in [5.74, 6) is 0.756. The topological polar surface area (TPSA) is 75.1 Å². The third-order valence-electron chi connectivity index (χ3n) is 5.70. The number of methoxy groups -OCH3 is 1. The number of carbonyl (C=O) groups excluding carboxylic acids is 2. The van der Waals surface area contributed by atoms with Crippen LogP contribution in [0, 0.1) is 0 Å². The molecule has 0 aromatic heterocycles. The number of quaternary nitrogens is 1. The van der Waals surface area contributed by atoms with E-state index >= 15 is 0 Å². The van der Waals surface area contributed by atoms with Crippen molar-refractivity contribution in [3.63, 3.8) is 0 Å². The Bertz CT molecular complexity index is 665. The van der Waals surface area contributed by atoms with Crippen LogP contribution in [-0.4, -0.2) is 62.7 Å². The monoisotopic (exact) mass is 375 g/mol. The molecule has 0 radical (unpaired) electrons. The Labute approximate surface area is 161 Å². The first kappa shape index (κ1) is 19.5. The molecular weight excluding hydrogens is 344 g/mol. The van der Waals surface area contributed by atoms with Crippen LogP contribution in [0.3, 0.4) is 0 Å². The lowest BCUT2D eigenvalue weighted by atomic mass is 9.80. The van der Waals surface area contributed by atoms with Crippen molar-refractivity contribution in [1.82, 2.24) is 10.2 Å². The van der Waals surface area contributed by atoms with Gasteiger partial charge < -0.3 is 25.2 Å². The zero-order chi connectivity index (χ0) is 19.3. The summed E-state index contributed by atoms with van der Waals surface area (Å²) in [5, 5.41) is 5.89. The minimum absolute atomic E-state index is 0.0792. The SMILES string of the molecule is COc1cccc(NC(=O)NC2(C(=O)N3CC[NH+](C)CC3)CCCCC2)c1. The van der Waals surface area contributed by atoms with E-state index in [2.05, 4.69) is 17.7 Å². The second-order valence-corrected chi connectivity index (χ2v) is 7.70. The number of piperazine rings is 1. The fourth-order valence-electron chi connectivity index (χ4n) is 4.02. The van der Waals surface area contributed by atoms with Gasteiger partial charge in [0.25, 0.3) is 0 Å². The van der Waals surface area contributed by atoms with Gasteiger partial charge in [-0.3, -0.25) is 4.79 Å². The van der Waals surface area contributed by atoms with Gasteiger partial charge in [0.2, 0.25) is 5.91 Å². The van der Waals surface area contributed by atoms with Crippen LogP contribution >= 0.6 is 0 Å². The maximum Gasteiger partial charge on any atom is 0.320 e. The van der Waals surface area contributed by atoms with Crippen molar-refractivity contribution in [3.05, 3.63) is 24.3 Å². The number of anilines is 1. The second-order valence-electron chi connectivity index (χ2n) is 7.70. The predicted molar refractivity (Wildman–Crippen MR) is 104 cm³/mol. The standard InChI is InChI=1S/C20H30N4O3/c1-23-11-13-24(14-12-23)18(25)20(9-4-3-5-10-20)22-19(26)21-16-7-6-8-17(15-16)27-2/h6-8,15H,3-5,9-14H2,1-2H3,(H2,21,22,26)/p+1. The van der Waals surface area contributed by atoms with Gasteiger partial charge in [0.15, 0.2) is 0 Å². The first-order valence-corrected chi connectivity index (χ1v) is 9.86. The fraction of sp³-hybridized carbons (Fsp3) is 0.600. The van der Waals surface area contributed by atoms with Crippen LogP contribution in [0.1, 0.15) is 32.1 Å². The van der Waals surface area contributed by atoms with E-state index in [0.29, 0.717) is 24.3 Å². The molecule has 1 saturated carbocycles. The van der Waals surface area contributed by atoms with Crippen molar-refractivity contribution in [2.45, 2.75) is 37.6 Å². The molecular formula is C20H31N4O3+. The van der Waals surface area contributed by atoms with Gasteiger partial charge in [0.1, 0.15) is 11.3 Å². The van der Waals surface area contributed by atoms with E-state index < -0.39 is 5.54 Å². The number of likely N-dealkylation sites (N-methyl/N-ethyl adjacent to an activating group) is 1. The average Bonchev–Trinajstić information content (AvgIpc) is 2.68. The number of amides is 3. The predicted octanol–water partition coefficient (Wildman–Crippen LogP) is 0.877. The Morgan fingerprint density at radius 3 is 2.52 bits per heavy atom. The van der Waals surface area contributed by atoms with Gasteiger partial charge >= 0.3 is 6.03 Å². The van der Waals surface area contributed by atoms with Crippen LogP contribution in [0.25, 0.3) is 0 Å². The highest BCUT2D eigenvalue weighted by atomic mass is 16.5. The number of urea groups is 1. The summed E-state index contributed by atoms with van der Waals surface area (Å²) in [5.41, 5.74) is -0.139. The Kier molecular flexibility index (Phi) is 6.21. The van der Waals surface area contributed by atoms with Crippen LogP contribution in [0.15, 0.2) is 24.3 Å². The van der Waals surface area contributed by atoms with Crippen molar-refractivity contribution in [2.24, 2.45) is 0 Å². The molecule has 0 spiro atoms. The minimum Gasteiger partial charge on any atom is -0.497 e. The molecule has 27 heavy (non-hydrogen) atoms. The largest absolute Gasteiger partial charge is 0.497 e. The summed E-state index contributed by atoms with van der Waals surface area (Å²) >= 11 is 0. The number of nitrogens with one attached hydrogen (secondary N) is 3. The average molecular weight is 375 g/mol. The molecule has 3 rings (SSSR count). The summed E-state index contributed by atoms with van der Waals surface area (Å²) in [6, 6.07) is 6.88. The molecule has 148 valence electrons. The summed E-state index contributed by atoms with van der Waals surface area (Å²) in [4.78, 5) is 29.4. The molecule has 1 aromatic carbocycles. The van der Waals surface area contributed by atoms with Crippen molar-refractivity contribution in [2.75, 3.05) is 45.7 Å². The van der Waals surface area contributed by atoms with Crippen molar-refractivity contribution in [3.8, 4) is 5.75 Å². The summed E-state index contributed by atoms with van der Waals surface area (Å²) in [6.45, 7) is 3.42. The van der Waals surface area contributed by atoms with Crippen LogP contribution in [0.4, 0.5) is 10.5 Å². The van der Waals surface area contributed by atoms with Gasteiger partial charge in [-0.15, -0.1) is 0 Å². The van der Waals surface area contributed by atoms with Gasteiger partial charge in [-0.25, -0.2) is 4.79 Å². The van der Waals surface area contributed by atoms with Gasteiger partial charge in [-0.1, -0.05) is 25.3 Å². The van der Waals surface area contributed by atoms with Crippen LogP contribution in [0.2, 0.25) is 0 Å². The normalized spacial score (nSPS) is 20.0. The summed E-state index contributed by atoms with van der Waals surface area (Å²) < 4.78 is 5.20. The lowest BCUT2D eigenvalue weighted by Gasteiger charge is -2.41.